The highest BCUT2D eigenvalue weighted by atomic mass is 16.5. The lowest BCUT2D eigenvalue weighted by atomic mass is 10.2. The first-order chi connectivity index (χ1) is 10.3. The van der Waals surface area contributed by atoms with Gasteiger partial charge >= 0.3 is 0 Å². The number of hydrogen-bond acceptors (Lipinski definition) is 4. The number of ether oxygens (including phenoxy) is 1. The van der Waals surface area contributed by atoms with Gasteiger partial charge in [0.1, 0.15) is 0 Å². The fraction of sp³-hybridized carbons (Fsp3) is 0.562. The molecule has 1 aromatic rings. The van der Waals surface area contributed by atoms with E-state index in [1.807, 2.05) is 36.9 Å². The molecule has 2 rings (SSSR count). The third kappa shape index (κ3) is 4.11. The van der Waals surface area contributed by atoms with E-state index in [2.05, 4.69) is 16.3 Å². The Morgan fingerprint density at radius 3 is 2.57 bits per heavy atom. The standard InChI is InChI=1S/C16H25N3O2/c1-3-18(4-2)16(20)13-17-14-7-5-6-8-15(14)19-9-11-21-12-10-19/h5-8,17H,3-4,9-13H2,1-2H3. The number of anilines is 2. The van der Waals surface area contributed by atoms with Crippen LogP contribution in [0.5, 0.6) is 0 Å². The topological polar surface area (TPSA) is 44.8 Å². The van der Waals surface area contributed by atoms with Gasteiger partial charge in [-0.25, -0.2) is 0 Å². The predicted molar refractivity (Wildman–Crippen MR) is 85.9 cm³/mol. The van der Waals surface area contributed by atoms with E-state index in [0.29, 0.717) is 6.54 Å². The van der Waals surface area contributed by atoms with Gasteiger partial charge in [-0.05, 0) is 26.0 Å². The Morgan fingerprint density at radius 1 is 1.24 bits per heavy atom. The Balaban J connectivity index is 2.01. The SMILES string of the molecule is CCN(CC)C(=O)CNc1ccccc1N1CCOCC1. The van der Waals surface area contributed by atoms with Crippen molar-refractivity contribution < 1.29 is 9.53 Å². The minimum absolute atomic E-state index is 0.136. The van der Waals surface area contributed by atoms with Crippen LogP contribution in [-0.4, -0.2) is 56.7 Å². The smallest absolute Gasteiger partial charge is 0.241 e. The van der Waals surface area contributed by atoms with Crippen molar-refractivity contribution in [3.8, 4) is 0 Å². The molecule has 5 nitrogen and oxygen atoms in total. The first-order valence-corrected chi connectivity index (χ1v) is 7.69. The number of likely N-dealkylation sites (N-methyl/N-ethyl adjacent to an activating group) is 1. The molecule has 0 radical (unpaired) electrons. The molecule has 1 N–H and O–H groups in total. The van der Waals surface area contributed by atoms with Crippen LogP contribution in [0.1, 0.15) is 13.8 Å². The molecule has 1 saturated heterocycles. The summed E-state index contributed by atoms with van der Waals surface area (Å²) >= 11 is 0. The zero-order chi connectivity index (χ0) is 15.1. The monoisotopic (exact) mass is 291 g/mol. The number of carbonyl (C=O) groups excluding carboxylic acids is 1. The lowest BCUT2D eigenvalue weighted by Crippen LogP contribution is -2.37. The maximum atomic E-state index is 12.1. The van der Waals surface area contributed by atoms with Crippen LogP contribution in [0.15, 0.2) is 24.3 Å². The second kappa shape index (κ2) is 7.88. The third-order valence-electron chi connectivity index (χ3n) is 3.80. The largest absolute Gasteiger partial charge is 0.378 e. The predicted octanol–water partition coefficient (Wildman–Crippen LogP) is 1.80. The van der Waals surface area contributed by atoms with Crippen LogP contribution in [0, 0.1) is 0 Å². The Hall–Kier alpha value is -1.75. The highest BCUT2D eigenvalue weighted by Crippen LogP contribution is 2.26. The molecule has 0 atom stereocenters. The molecule has 0 aliphatic carbocycles. The number of amides is 1. The van der Waals surface area contributed by atoms with Gasteiger partial charge in [0.2, 0.25) is 5.91 Å². The highest BCUT2D eigenvalue weighted by Gasteiger charge is 2.15. The molecule has 1 aliphatic heterocycles. The average Bonchev–Trinajstić information content (AvgIpc) is 2.55. The van der Waals surface area contributed by atoms with Crippen molar-refractivity contribution in [3.63, 3.8) is 0 Å². The van der Waals surface area contributed by atoms with E-state index in [9.17, 15) is 4.79 Å². The molecule has 1 aromatic carbocycles. The molecule has 5 heteroatoms. The minimum Gasteiger partial charge on any atom is -0.378 e. The van der Waals surface area contributed by atoms with Gasteiger partial charge in [-0.1, -0.05) is 12.1 Å². The van der Waals surface area contributed by atoms with Crippen LogP contribution in [0.4, 0.5) is 11.4 Å². The van der Waals surface area contributed by atoms with Crippen LogP contribution in [0.2, 0.25) is 0 Å². The summed E-state index contributed by atoms with van der Waals surface area (Å²) in [6, 6.07) is 8.15. The molecule has 0 saturated carbocycles. The van der Waals surface area contributed by atoms with Crippen molar-refractivity contribution >= 4 is 17.3 Å². The Bertz CT molecular complexity index is 455. The van der Waals surface area contributed by atoms with Crippen LogP contribution in [0.3, 0.4) is 0 Å². The van der Waals surface area contributed by atoms with Gasteiger partial charge in [-0.3, -0.25) is 4.79 Å². The number of nitrogens with one attached hydrogen (secondary N) is 1. The minimum atomic E-state index is 0.136. The van der Waals surface area contributed by atoms with Crippen molar-refractivity contribution in [2.75, 3.05) is 56.2 Å². The Labute approximate surface area is 126 Å². The van der Waals surface area contributed by atoms with Crippen molar-refractivity contribution in [3.05, 3.63) is 24.3 Å². The molecule has 1 fully saturated rings. The van der Waals surface area contributed by atoms with Crippen molar-refractivity contribution in [1.29, 1.82) is 0 Å². The van der Waals surface area contributed by atoms with E-state index < -0.39 is 0 Å². The van der Waals surface area contributed by atoms with Gasteiger partial charge in [0.05, 0.1) is 31.1 Å². The maximum absolute atomic E-state index is 12.1. The van der Waals surface area contributed by atoms with E-state index in [1.54, 1.807) is 0 Å². The Morgan fingerprint density at radius 2 is 1.90 bits per heavy atom. The van der Waals surface area contributed by atoms with Crippen LogP contribution >= 0.6 is 0 Å². The lowest BCUT2D eigenvalue weighted by Gasteiger charge is -2.30. The van der Waals surface area contributed by atoms with E-state index >= 15 is 0 Å². The van der Waals surface area contributed by atoms with Gasteiger partial charge in [0.25, 0.3) is 0 Å². The number of hydrogen-bond donors (Lipinski definition) is 1. The summed E-state index contributed by atoms with van der Waals surface area (Å²) < 4.78 is 5.40. The fourth-order valence-corrected chi connectivity index (χ4v) is 2.56. The van der Waals surface area contributed by atoms with Crippen LogP contribution < -0.4 is 10.2 Å². The lowest BCUT2D eigenvalue weighted by molar-refractivity contribution is -0.128. The molecule has 0 spiro atoms. The average molecular weight is 291 g/mol. The van der Waals surface area contributed by atoms with E-state index in [4.69, 9.17) is 4.74 Å². The molecule has 1 aliphatic rings. The van der Waals surface area contributed by atoms with Crippen LogP contribution in [0.25, 0.3) is 0 Å². The molecule has 21 heavy (non-hydrogen) atoms. The number of benzene rings is 1. The van der Waals surface area contributed by atoms with Crippen LogP contribution in [-0.2, 0) is 9.53 Å². The first kappa shape index (κ1) is 15.6. The zero-order valence-corrected chi connectivity index (χ0v) is 13.0. The van der Waals surface area contributed by atoms with Crippen molar-refractivity contribution in [2.24, 2.45) is 0 Å². The van der Waals surface area contributed by atoms with Gasteiger partial charge < -0.3 is 19.9 Å². The molecule has 116 valence electrons. The van der Waals surface area contributed by atoms with Gasteiger partial charge in [-0.2, -0.15) is 0 Å². The van der Waals surface area contributed by atoms with Gasteiger partial charge in [0, 0.05) is 26.2 Å². The molecular weight excluding hydrogens is 266 g/mol. The van der Waals surface area contributed by atoms with Gasteiger partial charge in [-0.15, -0.1) is 0 Å². The maximum Gasteiger partial charge on any atom is 0.241 e. The fourth-order valence-electron chi connectivity index (χ4n) is 2.56. The molecule has 1 heterocycles. The number of para-hydroxylation sites is 2. The molecule has 0 bridgehead atoms. The zero-order valence-electron chi connectivity index (χ0n) is 13.0. The normalized spacial score (nSPS) is 14.9. The Kier molecular flexibility index (Phi) is 5.87. The third-order valence-corrected chi connectivity index (χ3v) is 3.80. The summed E-state index contributed by atoms with van der Waals surface area (Å²) in [6.45, 7) is 9.14. The number of morpholine rings is 1. The van der Waals surface area contributed by atoms with Crippen molar-refractivity contribution in [1.82, 2.24) is 4.90 Å². The molecule has 1 amide bonds. The summed E-state index contributed by atoms with van der Waals surface area (Å²) in [7, 11) is 0. The van der Waals surface area contributed by atoms with Crippen molar-refractivity contribution in [2.45, 2.75) is 13.8 Å². The quantitative estimate of drug-likeness (QED) is 0.868. The van der Waals surface area contributed by atoms with E-state index in [-0.39, 0.29) is 5.91 Å². The summed E-state index contributed by atoms with van der Waals surface area (Å²) in [6.07, 6.45) is 0. The summed E-state index contributed by atoms with van der Waals surface area (Å²) in [5, 5.41) is 3.29. The number of nitrogens with zero attached hydrogens (tertiary/aromatic N) is 2. The second-order valence-corrected chi connectivity index (χ2v) is 5.04. The highest BCUT2D eigenvalue weighted by molar-refractivity contribution is 5.82. The van der Waals surface area contributed by atoms with E-state index in [0.717, 1.165) is 50.8 Å². The van der Waals surface area contributed by atoms with Gasteiger partial charge in [0.15, 0.2) is 0 Å². The summed E-state index contributed by atoms with van der Waals surface area (Å²) in [5.74, 6) is 0.136. The second-order valence-electron chi connectivity index (χ2n) is 5.04. The number of rotatable bonds is 6. The number of carbonyl (C=O) groups is 1. The summed E-state index contributed by atoms with van der Waals surface area (Å²) in [4.78, 5) is 16.2. The molecular formula is C16H25N3O2. The van der Waals surface area contributed by atoms with E-state index in [1.165, 1.54) is 0 Å². The molecule has 0 unspecified atom stereocenters. The first-order valence-electron chi connectivity index (χ1n) is 7.69. The molecule has 0 aromatic heterocycles. The summed E-state index contributed by atoms with van der Waals surface area (Å²) in [5.41, 5.74) is 2.16.